The predicted molar refractivity (Wildman–Crippen MR) is 63.5 cm³/mol. The monoisotopic (exact) mass is 260 g/mol. The van der Waals surface area contributed by atoms with Crippen LogP contribution in [0.2, 0.25) is 5.02 Å². The highest BCUT2D eigenvalue weighted by atomic mass is 35.5. The van der Waals surface area contributed by atoms with Crippen molar-refractivity contribution in [3.05, 3.63) is 28.8 Å². The summed E-state index contributed by atoms with van der Waals surface area (Å²) >= 11 is 5.90. The molecule has 0 N–H and O–H groups in total. The van der Waals surface area contributed by atoms with Crippen LogP contribution in [0.15, 0.2) is 18.2 Å². The molecular formula is C12H14ClFO3. The molecule has 0 aromatic heterocycles. The van der Waals surface area contributed by atoms with E-state index in [9.17, 15) is 9.18 Å². The molecule has 94 valence electrons. The zero-order valence-corrected chi connectivity index (χ0v) is 10.7. The van der Waals surface area contributed by atoms with Gasteiger partial charge in [0.15, 0.2) is 0 Å². The number of alkyl halides is 1. The van der Waals surface area contributed by atoms with Gasteiger partial charge in [0.1, 0.15) is 18.0 Å². The van der Waals surface area contributed by atoms with Crippen molar-refractivity contribution in [2.75, 3.05) is 13.7 Å². The molecule has 1 aromatic carbocycles. The fraction of sp³-hybridized carbons (Fsp3) is 0.417. The van der Waals surface area contributed by atoms with Gasteiger partial charge in [-0.25, -0.2) is 9.18 Å². The van der Waals surface area contributed by atoms with Crippen LogP contribution in [-0.2, 0) is 4.74 Å². The number of methoxy groups -OCH3 is 1. The Morgan fingerprint density at radius 1 is 1.47 bits per heavy atom. The molecule has 0 amide bonds. The van der Waals surface area contributed by atoms with E-state index in [1.807, 2.05) is 0 Å². The first kappa shape index (κ1) is 13.8. The van der Waals surface area contributed by atoms with Gasteiger partial charge in [-0.15, -0.1) is 0 Å². The Kier molecular flexibility index (Phi) is 4.34. The van der Waals surface area contributed by atoms with Crippen molar-refractivity contribution in [2.24, 2.45) is 0 Å². The number of esters is 1. The van der Waals surface area contributed by atoms with Gasteiger partial charge in [-0.1, -0.05) is 11.6 Å². The summed E-state index contributed by atoms with van der Waals surface area (Å²) in [7, 11) is 1.28. The maximum atomic E-state index is 13.2. The van der Waals surface area contributed by atoms with Gasteiger partial charge in [0.05, 0.1) is 17.7 Å². The first-order valence-electron chi connectivity index (χ1n) is 5.03. The molecule has 0 aliphatic heterocycles. The predicted octanol–water partition coefficient (Wildman–Crippen LogP) is 3.25. The van der Waals surface area contributed by atoms with Crippen LogP contribution in [0, 0.1) is 0 Å². The van der Waals surface area contributed by atoms with Crippen LogP contribution in [0.1, 0.15) is 24.2 Å². The quantitative estimate of drug-likeness (QED) is 0.780. The molecule has 0 radical (unpaired) electrons. The second-order valence-corrected chi connectivity index (χ2v) is 4.55. The lowest BCUT2D eigenvalue weighted by Gasteiger charge is -2.16. The Labute approximate surface area is 104 Å². The van der Waals surface area contributed by atoms with E-state index in [0.29, 0.717) is 11.3 Å². The van der Waals surface area contributed by atoms with Gasteiger partial charge in [0, 0.05) is 0 Å². The molecule has 1 aromatic rings. The van der Waals surface area contributed by atoms with E-state index in [4.69, 9.17) is 16.3 Å². The molecule has 0 bridgehead atoms. The lowest BCUT2D eigenvalue weighted by molar-refractivity contribution is 0.0600. The zero-order chi connectivity index (χ0) is 13.1. The molecule has 1 rings (SSSR count). The number of rotatable bonds is 4. The second-order valence-electron chi connectivity index (χ2n) is 4.14. The molecule has 0 atom stereocenters. The number of carbonyl (C=O) groups is 1. The lowest BCUT2D eigenvalue weighted by atomic mass is 10.2. The number of ether oxygens (including phenoxy) is 2. The van der Waals surface area contributed by atoms with E-state index in [1.54, 1.807) is 0 Å². The molecule has 0 spiro atoms. The number of hydrogen-bond donors (Lipinski definition) is 0. The lowest BCUT2D eigenvalue weighted by Crippen LogP contribution is -2.22. The van der Waals surface area contributed by atoms with Crippen LogP contribution in [0.4, 0.5) is 4.39 Å². The Bertz CT molecular complexity index is 413. The third-order valence-corrected chi connectivity index (χ3v) is 2.22. The first-order valence-corrected chi connectivity index (χ1v) is 5.41. The van der Waals surface area contributed by atoms with E-state index in [0.717, 1.165) is 0 Å². The summed E-state index contributed by atoms with van der Waals surface area (Å²) < 4.78 is 23.0. The van der Waals surface area contributed by atoms with Crippen LogP contribution in [0.5, 0.6) is 5.75 Å². The summed E-state index contributed by atoms with van der Waals surface area (Å²) in [6.45, 7) is 2.71. The van der Waals surface area contributed by atoms with Crippen LogP contribution in [0.3, 0.4) is 0 Å². The third-order valence-electron chi connectivity index (χ3n) is 1.92. The fourth-order valence-corrected chi connectivity index (χ4v) is 1.35. The van der Waals surface area contributed by atoms with Gasteiger partial charge in [-0.2, -0.15) is 0 Å². The molecule has 0 saturated heterocycles. The van der Waals surface area contributed by atoms with Crippen LogP contribution >= 0.6 is 11.6 Å². The topological polar surface area (TPSA) is 35.5 Å². The highest BCUT2D eigenvalue weighted by Gasteiger charge is 2.17. The van der Waals surface area contributed by atoms with Crippen LogP contribution in [-0.4, -0.2) is 25.4 Å². The molecule has 17 heavy (non-hydrogen) atoms. The van der Waals surface area contributed by atoms with Crippen molar-refractivity contribution in [1.29, 1.82) is 0 Å². The summed E-state index contributed by atoms with van der Waals surface area (Å²) in [5, 5.41) is 0.247. The standard InChI is InChI=1S/C12H14ClFO3/c1-12(2,14)7-17-10-5-4-8(6-9(10)13)11(15)16-3/h4-6H,7H2,1-3H3. The minimum Gasteiger partial charge on any atom is -0.489 e. The average molecular weight is 261 g/mol. The Balaban J connectivity index is 2.80. The van der Waals surface area contributed by atoms with Crippen molar-refractivity contribution >= 4 is 17.6 Å². The van der Waals surface area contributed by atoms with Crippen LogP contribution in [0.25, 0.3) is 0 Å². The fourth-order valence-electron chi connectivity index (χ4n) is 1.11. The van der Waals surface area contributed by atoms with E-state index in [1.165, 1.54) is 39.2 Å². The smallest absolute Gasteiger partial charge is 0.337 e. The Hall–Kier alpha value is -1.29. The van der Waals surface area contributed by atoms with Crippen molar-refractivity contribution in [1.82, 2.24) is 0 Å². The molecule has 3 nitrogen and oxygen atoms in total. The van der Waals surface area contributed by atoms with Crippen molar-refractivity contribution in [3.63, 3.8) is 0 Å². The molecule has 0 heterocycles. The number of halogens is 2. The van der Waals surface area contributed by atoms with Gasteiger partial charge in [0.2, 0.25) is 0 Å². The number of hydrogen-bond acceptors (Lipinski definition) is 3. The van der Waals surface area contributed by atoms with E-state index in [2.05, 4.69) is 4.74 Å². The SMILES string of the molecule is COC(=O)c1ccc(OCC(C)(C)F)c(Cl)c1. The molecule has 0 saturated carbocycles. The Morgan fingerprint density at radius 2 is 2.12 bits per heavy atom. The first-order chi connectivity index (χ1) is 7.83. The highest BCUT2D eigenvalue weighted by Crippen LogP contribution is 2.26. The summed E-state index contributed by atoms with van der Waals surface area (Å²) in [5.74, 6) is -0.144. The van der Waals surface area contributed by atoms with E-state index in [-0.39, 0.29) is 11.6 Å². The normalized spacial score (nSPS) is 11.1. The largest absolute Gasteiger partial charge is 0.489 e. The summed E-state index contributed by atoms with van der Waals surface area (Å²) in [5.41, 5.74) is -1.12. The summed E-state index contributed by atoms with van der Waals surface area (Å²) in [6, 6.07) is 4.45. The molecule has 5 heteroatoms. The van der Waals surface area contributed by atoms with Gasteiger partial charge < -0.3 is 9.47 Å². The molecular weight excluding hydrogens is 247 g/mol. The highest BCUT2D eigenvalue weighted by molar-refractivity contribution is 6.32. The second kappa shape index (κ2) is 5.36. The van der Waals surface area contributed by atoms with Gasteiger partial charge in [-0.05, 0) is 32.0 Å². The maximum Gasteiger partial charge on any atom is 0.337 e. The summed E-state index contributed by atoms with van der Waals surface area (Å²) in [6.07, 6.45) is 0. The molecule has 0 unspecified atom stereocenters. The molecule has 0 aliphatic rings. The van der Waals surface area contributed by atoms with E-state index < -0.39 is 11.6 Å². The number of carbonyl (C=O) groups excluding carboxylic acids is 1. The van der Waals surface area contributed by atoms with E-state index >= 15 is 0 Å². The van der Waals surface area contributed by atoms with Crippen molar-refractivity contribution in [3.8, 4) is 5.75 Å². The van der Waals surface area contributed by atoms with Gasteiger partial charge >= 0.3 is 5.97 Å². The number of benzene rings is 1. The minimum absolute atomic E-state index is 0.107. The molecule has 0 fully saturated rings. The minimum atomic E-state index is -1.44. The van der Waals surface area contributed by atoms with Crippen LogP contribution < -0.4 is 4.74 Å². The third kappa shape index (κ3) is 4.23. The zero-order valence-electron chi connectivity index (χ0n) is 9.92. The molecule has 0 aliphatic carbocycles. The maximum absolute atomic E-state index is 13.2. The summed E-state index contributed by atoms with van der Waals surface area (Å²) in [4.78, 5) is 11.2. The average Bonchev–Trinajstić information content (AvgIpc) is 2.25. The van der Waals surface area contributed by atoms with Crippen molar-refractivity contribution < 1.29 is 18.7 Å². The Morgan fingerprint density at radius 3 is 2.59 bits per heavy atom. The van der Waals surface area contributed by atoms with Gasteiger partial charge in [-0.3, -0.25) is 0 Å². The van der Waals surface area contributed by atoms with Gasteiger partial charge in [0.25, 0.3) is 0 Å². The van der Waals surface area contributed by atoms with Crippen molar-refractivity contribution in [2.45, 2.75) is 19.5 Å².